The van der Waals surface area contributed by atoms with Crippen molar-refractivity contribution in [2.45, 2.75) is 19.4 Å². The van der Waals surface area contributed by atoms with E-state index >= 15 is 0 Å². The van der Waals surface area contributed by atoms with Crippen LogP contribution >= 0.6 is 0 Å². The molecule has 2 heterocycles. The molecule has 28 heavy (non-hydrogen) atoms. The first-order valence-electron chi connectivity index (χ1n) is 9.18. The summed E-state index contributed by atoms with van der Waals surface area (Å²) in [5, 5.41) is 12.1. The number of methoxy groups -OCH3 is 1. The number of aromatic amines is 1. The molecule has 0 aliphatic carbocycles. The fraction of sp³-hybridized carbons (Fsp3) is 0.286. The van der Waals surface area contributed by atoms with Crippen molar-refractivity contribution in [3.05, 3.63) is 69.4 Å². The lowest BCUT2D eigenvalue weighted by molar-refractivity contribution is -0.384. The normalized spacial score (nSPS) is 16.7. The summed E-state index contributed by atoms with van der Waals surface area (Å²) < 4.78 is 5.31. The van der Waals surface area contributed by atoms with Crippen molar-refractivity contribution in [1.82, 2.24) is 9.88 Å². The third-order valence-corrected chi connectivity index (χ3v) is 5.49. The van der Waals surface area contributed by atoms with Gasteiger partial charge in [-0.3, -0.25) is 19.8 Å². The number of Topliss-reactive ketones (excluding diaryl/α,β-unsaturated/α-hetero) is 1. The SMILES string of the molecule is COc1ccc2c3c([nH]c2c1)C(C)N(CC(=O)c1cccc([N+](=O)[O-])c1)CC3. The highest BCUT2D eigenvalue weighted by molar-refractivity contribution is 5.98. The van der Waals surface area contributed by atoms with Crippen LogP contribution in [0.5, 0.6) is 5.75 Å². The van der Waals surface area contributed by atoms with Crippen molar-refractivity contribution in [1.29, 1.82) is 0 Å². The third-order valence-electron chi connectivity index (χ3n) is 5.49. The summed E-state index contributed by atoms with van der Waals surface area (Å²) in [6, 6.07) is 12.0. The standard InChI is InChI=1S/C21H21N3O4/c1-13-21-18(17-7-6-16(28-2)11-19(17)22-21)8-9-23(13)12-20(25)14-4-3-5-15(10-14)24(26)27/h3-7,10-11,13,22H,8-9,12H2,1-2H3. The second-order valence-electron chi connectivity index (χ2n) is 7.06. The molecule has 1 N–H and O–H groups in total. The van der Waals surface area contributed by atoms with E-state index in [-0.39, 0.29) is 24.1 Å². The zero-order chi connectivity index (χ0) is 19.8. The van der Waals surface area contributed by atoms with Crippen LogP contribution in [0.3, 0.4) is 0 Å². The molecule has 0 saturated carbocycles. The molecule has 1 aliphatic heterocycles. The number of fused-ring (bicyclic) bond motifs is 3. The average molecular weight is 379 g/mol. The van der Waals surface area contributed by atoms with Gasteiger partial charge < -0.3 is 9.72 Å². The molecule has 3 aromatic rings. The van der Waals surface area contributed by atoms with Crippen molar-refractivity contribution in [2.75, 3.05) is 20.2 Å². The number of ether oxygens (including phenoxy) is 1. The summed E-state index contributed by atoms with van der Waals surface area (Å²) in [7, 11) is 1.65. The first kappa shape index (κ1) is 18.2. The zero-order valence-electron chi connectivity index (χ0n) is 15.8. The van der Waals surface area contributed by atoms with E-state index in [1.807, 2.05) is 12.1 Å². The molecule has 4 rings (SSSR count). The van der Waals surface area contributed by atoms with Crippen LogP contribution in [0.25, 0.3) is 10.9 Å². The van der Waals surface area contributed by atoms with Crippen LogP contribution in [0.1, 0.15) is 34.6 Å². The number of non-ortho nitro benzene ring substituents is 1. The van der Waals surface area contributed by atoms with Gasteiger partial charge in [-0.15, -0.1) is 0 Å². The quantitative estimate of drug-likeness (QED) is 0.413. The number of aromatic nitrogens is 1. The molecular weight excluding hydrogens is 358 g/mol. The van der Waals surface area contributed by atoms with E-state index < -0.39 is 4.92 Å². The highest BCUT2D eigenvalue weighted by Crippen LogP contribution is 2.35. The van der Waals surface area contributed by atoms with Crippen molar-refractivity contribution >= 4 is 22.4 Å². The number of hydrogen-bond acceptors (Lipinski definition) is 5. The van der Waals surface area contributed by atoms with Gasteiger partial charge in [0, 0.05) is 52.9 Å². The molecule has 1 aromatic heterocycles. The fourth-order valence-electron chi connectivity index (χ4n) is 3.92. The van der Waals surface area contributed by atoms with Crippen LogP contribution in [-0.2, 0) is 6.42 Å². The maximum Gasteiger partial charge on any atom is 0.270 e. The molecule has 0 amide bonds. The lowest BCUT2D eigenvalue weighted by Crippen LogP contribution is -2.37. The molecule has 0 fully saturated rings. The number of nitro groups is 1. The summed E-state index contributed by atoms with van der Waals surface area (Å²) in [5.41, 5.74) is 3.73. The smallest absolute Gasteiger partial charge is 0.270 e. The molecule has 7 nitrogen and oxygen atoms in total. The van der Waals surface area contributed by atoms with Crippen LogP contribution in [0.15, 0.2) is 42.5 Å². The molecule has 0 saturated heterocycles. The van der Waals surface area contributed by atoms with Gasteiger partial charge in [0.2, 0.25) is 0 Å². The fourth-order valence-corrected chi connectivity index (χ4v) is 3.92. The maximum absolute atomic E-state index is 12.7. The van der Waals surface area contributed by atoms with Gasteiger partial charge in [0.05, 0.1) is 18.6 Å². The zero-order valence-corrected chi connectivity index (χ0v) is 15.8. The van der Waals surface area contributed by atoms with Crippen LogP contribution in [0, 0.1) is 10.1 Å². The third kappa shape index (κ3) is 3.14. The van der Waals surface area contributed by atoms with E-state index in [2.05, 4.69) is 22.9 Å². The second kappa shape index (κ2) is 7.09. The summed E-state index contributed by atoms with van der Waals surface area (Å²) in [4.78, 5) is 28.8. The van der Waals surface area contributed by atoms with Crippen LogP contribution in [-0.4, -0.2) is 40.8 Å². The Kier molecular flexibility index (Phi) is 4.60. The Hall–Kier alpha value is -3.19. The van der Waals surface area contributed by atoms with Gasteiger partial charge >= 0.3 is 0 Å². The molecule has 1 unspecified atom stereocenters. The minimum Gasteiger partial charge on any atom is -0.497 e. The van der Waals surface area contributed by atoms with Crippen molar-refractivity contribution in [3.8, 4) is 5.75 Å². The van der Waals surface area contributed by atoms with E-state index in [9.17, 15) is 14.9 Å². The van der Waals surface area contributed by atoms with E-state index in [4.69, 9.17) is 4.74 Å². The number of rotatable bonds is 5. The summed E-state index contributed by atoms with van der Waals surface area (Å²) in [6.45, 7) is 3.06. The van der Waals surface area contributed by atoms with Gasteiger partial charge in [0.25, 0.3) is 5.69 Å². The van der Waals surface area contributed by atoms with Gasteiger partial charge in [-0.2, -0.15) is 0 Å². The van der Waals surface area contributed by atoms with Crippen molar-refractivity contribution in [3.63, 3.8) is 0 Å². The lowest BCUT2D eigenvalue weighted by atomic mass is 9.97. The van der Waals surface area contributed by atoms with Crippen molar-refractivity contribution in [2.24, 2.45) is 0 Å². The Morgan fingerprint density at radius 2 is 2.14 bits per heavy atom. The Labute approximate surface area is 162 Å². The molecule has 0 bridgehead atoms. The largest absolute Gasteiger partial charge is 0.497 e. The molecule has 0 spiro atoms. The molecule has 7 heteroatoms. The van der Waals surface area contributed by atoms with Crippen LogP contribution in [0.2, 0.25) is 0 Å². The summed E-state index contributed by atoms with van der Waals surface area (Å²) in [5.74, 6) is 0.688. The van der Waals surface area contributed by atoms with Gasteiger partial charge in [0.15, 0.2) is 5.78 Å². The molecule has 1 atom stereocenters. The minimum atomic E-state index is -0.481. The number of nitrogens with one attached hydrogen (secondary N) is 1. The number of carbonyl (C=O) groups excluding carboxylic acids is 1. The lowest BCUT2D eigenvalue weighted by Gasteiger charge is -2.33. The predicted molar refractivity (Wildman–Crippen MR) is 106 cm³/mol. The summed E-state index contributed by atoms with van der Waals surface area (Å²) >= 11 is 0. The van der Waals surface area contributed by atoms with Crippen molar-refractivity contribution < 1.29 is 14.5 Å². The number of ketones is 1. The number of nitro benzene ring substituents is 1. The van der Waals surface area contributed by atoms with Gasteiger partial charge in [0.1, 0.15) is 5.75 Å². The first-order valence-corrected chi connectivity index (χ1v) is 9.18. The maximum atomic E-state index is 12.7. The Morgan fingerprint density at radius 1 is 1.32 bits per heavy atom. The van der Waals surface area contributed by atoms with E-state index in [1.165, 1.54) is 23.1 Å². The topological polar surface area (TPSA) is 88.5 Å². The monoisotopic (exact) mass is 379 g/mol. The van der Waals surface area contributed by atoms with Gasteiger partial charge in [-0.05, 0) is 31.0 Å². The second-order valence-corrected chi connectivity index (χ2v) is 7.06. The average Bonchev–Trinajstić information content (AvgIpc) is 3.08. The molecule has 1 aliphatic rings. The predicted octanol–water partition coefficient (Wildman–Crippen LogP) is 3.89. The van der Waals surface area contributed by atoms with E-state index in [0.717, 1.165) is 29.9 Å². The Balaban J connectivity index is 1.57. The Bertz CT molecular complexity index is 1070. The highest BCUT2D eigenvalue weighted by atomic mass is 16.6. The number of H-pyrrole nitrogens is 1. The van der Waals surface area contributed by atoms with Crippen LogP contribution < -0.4 is 4.74 Å². The van der Waals surface area contributed by atoms with Gasteiger partial charge in [-0.25, -0.2) is 0 Å². The number of hydrogen-bond donors (Lipinski definition) is 1. The molecule has 0 radical (unpaired) electrons. The number of nitrogens with zero attached hydrogens (tertiary/aromatic N) is 2. The Morgan fingerprint density at radius 3 is 2.89 bits per heavy atom. The van der Waals surface area contributed by atoms with Gasteiger partial charge in [-0.1, -0.05) is 12.1 Å². The highest BCUT2D eigenvalue weighted by Gasteiger charge is 2.29. The number of carbonyl (C=O) groups is 1. The molecule has 144 valence electrons. The summed E-state index contributed by atoms with van der Waals surface area (Å²) in [6.07, 6.45) is 0.841. The minimum absolute atomic E-state index is 0.0461. The van der Waals surface area contributed by atoms with Crippen LogP contribution in [0.4, 0.5) is 5.69 Å². The molecule has 2 aromatic carbocycles. The van der Waals surface area contributed by atoms with E-state index in [0.29, 0.717) is 5.56 Å². The number of benzene rings is 2. The molecular formula is C21H21N3O4. The first-order chi connectivity index (χ1) is 13.5. The van der Waals surface area contributed by atoms with E-state index in [1.54, 1.807) is 19.2 Å².